The predicted molar refractivity (Wildman–Crippen MR) is 122 cm³/mol. The third-order valence-corrected chi connectivity index (χ3v) is 5.86. The molecule has 2 atom stereocenters. The van der Waals surface area contributed by atoms with E-state index >= 15 is 0 Å². The summed E-state index contributed by atoms with van der Waals surface area (Å²) >= 11 is 5.68. The van der Waals surface area contributed by atoms with E-state index < -0.39 is 0 Å². The molecular formula is C25H26O3S. The number of carbonyl (C=O) groups is 1. The van der Waals surface area contributed by atoms with Gasteiger partial charge in [0.2, 0.25) is 6.79 Å². The Morgan fingerprint density at radius 2 is 1.79 bits per heavy atom. The van der Waals surface area contributed by atoms with E-state index in [2.05, 4.69) is 25.6 Å². The fraction of sp³-hybridized carbons (Fsp3) is 0.280. The van der Waals surface area contributed by atoms with Crippen molar-refractivity contribution in [3.05, 3.63) is 76.9 Å². The number of hydrogen-bond acceptors (Lipinski definition) is 4. The molecule has 0 aromatic heterocycles. The first kappa shape index (κ1) is 21.0. The van der Waals surface area contributed by atoms with Crippen LogP contribution in [-0.4, -0.2) is 17.4 Å². The van der Waals surface area contributed by atoms with Crippen molar-refractivity contribution in [1.29, 1.82) is 0 Å². The molecule has 1 fully saturated rings. The van der Waals surface area contributed by atoms with Crippen LogP contribution in [0.5, 0.6) is 11.5 Å². The molecule has 2 aromatic carbocycles. The lowest BCUT2D eigenvalue weighted by Gasteiger charge is -2.32. The lowest BCUT2D eigenvalue weighted by molar-refractivity contribution is -0.116. The van der Waals surface area contributed by atoms with Gasteiger partial charge in [-0.2, -0.15) is 0 Å². The highest BCUT2D eigenvalue weighted by Crippen LogP contribution is 2.41. The third-order valence-electron chi connectivity index (χ3n) is 5.27. The fourth-order valence-electron chi connectivity index (χ4n) is 3.68. The first-order valence-electron chi connectivity index (χ1n) is 9.91. The second-order valence-electron chi connectivity index (χ2n) is 6.97. The van der Waals surface area contributed by atoms with Gasteiger partial charge in [-0.1, -0.05) is 69.9 Å². The van der Waals surface area contributed by atoms with E-state index in [4.69, 9.17) is 21.7 Å². The van der Waals surface area contributed by atoms with Crippen LogP contribution < -0.4 is 9.47 Å². The van der Waals surface area contributed by atoms with Crippen molar-refractivity contribution in [1.82, 2.24) is 0 Å². The Balaban J connectivity index is 0.00000117. The van der Waals surface area contributed by atoms with Gasteiger partial charge in [0.15, 0.2) is 17.3 Å². The summed E-state index contributed by atoms with van der Waals surface area (Å²) in [6.45, 7) is 12.4. The predicted octanol–water partition coefficient (Wildman–Crippen LogP) is 6.06. The van der Waals surface area contributed by atoms with Crippen LogP contribution in [0.15, 0.2) is 60.2 Å². The Morgan fingerprint density at radius 1 is 1.10 bits per heavy atom. The van der Waals surface area contributed by atoms with Crippen LogP contribution >= 0.6 is 12.2 Å². The molecule has 29 heavy (non-hydrogen) atoms. The molecule has 2 unspecified atom stereocenters. The lowest BCUT2D eigenvalue weighted by atomic mass is 9.71. The molecular weight excluding hydrogens is 380 g/mol. The molecule has 4 heteroatoms. The first-order chi connectivity index (χ1) is 14.0. The third kappa shape index (κ3) is 3.90. The first-order valence-corrected chi connectivity index (χ1v) is 10.3. The van der Waals surface area contributed by atoms with Crippen molar-refractivity contribution >= 4 is 28.9 Å². The molecule has 0 saturated heterocycles. The number of ketones is 1. The maximum absolute atomic E-state index is 13.0. The van der Waals surface area contributed by atoms with Gasteiger partial charge in [-0.3, -0.25) is 4.79 Å². The molecule has 2 aromatic rings. The molecule has 1 saturated carbocycles. The minimum atomic E-state index is -0.324. The Labute approximate surface area is 178 Å². The molecule has 0 radical (unpaired) electrons. The molecule has 0 spiro atoms. The van der Waals surface area contributed by atoms with Crippen LogP contribution in [0.4, 0.5) is 0 Å². The highest BCUT2D eigenvalue weighted by Gasteiger charge is 2.38. The zero-order valence-electron chi connectivity index (χ0n) is 17.3. The van der Waals surface area contributed by atoms with Crippen molar-refractivity contribution in [2.45, 2.75) is 33.6 Å². The number of benzene rings is 2. The van der Waals surface area contributed by atoms with E-state index in [1.165, 1.54) is 0 Å². The summed E-state index contributed by atoms with van der Waals surface area (Å²) in [5, 5.41) is 0. The maximum atomic E-state index is 13.0. The lowest BCUT2D eigenvalue weighted by Crippen LogP contribution is -2.34. The van der Waals surface area contributed by atoms with Gasteiger partial charge in [0.1, 0.15) is 0 Å². The van der Waals surface area contributed by atoms with Crippen molar-refractivity contribution in [3.63, 3.8) is 0 Å². The van der Waals surface area contributed by atoms with Crippen LogP contribution in [0.2, 0.25) is 0 Å². The van der Waals surface area contributed by atoms with Gasteiger partial charge in [-0.15, -0.1) is 0 Å². The highest BCUT2D eigenvalue weighted by molar-refractivity contribution is 7.80. The van der Waals surface area contributed by atoms with E-state index in [0.29, 0.717) is 11.3 Å². The summed E-state index contributed by atoms with van der Waals surface area (Å²) < 4.78 is 10.8. The average molecular weight is 407 g/mol. The van der Waals surface area contributed by atoms with E-state index in [0.717, 1.165) is 32.9 Å². The fourth-order valence-corrected chi connectivity index (χ4v) is 4.06. The average Bonchev–Trinajstić information content (AvgIpc) is 3.20. The van der Waals surface area contributed by atoms with Crippen molar-refractivity contribution in [3.8, 4) is 11.5 Å². The number of rotatable bonds is 2. The summed E-state index contributed by atoms with van der Waals surface area (Å²) in [7, 11) is 0. The number of aryl methyl sites for hydroxylation is 1. The van der Waals surface area contributed by atoms with Gasteiger partial charge < -0.3 is 9.47 Å². The smallest absolute Gasteiger partial charge is 0.231 e. The van der Waals surface area contributed by atoms with Gasteiger partial charge in [-0.05, 0) is 47.4 Å². The monoisotopic (exact) mass is 406 g/mol. The van der Waals surface area contributed by atoms with Crippen molar-refractivity contribution < 1.29 is 14.3 Å². The van der Waals surface area contributed by atoms with Crippen LogP contribution in [0.3, 0.4) is 0 Å². The minimum Gasteiger partial charge on any atom is -0.454 e. The summed E-state index contributed by atoms with van der Waals surface area (Å²) in [5.41, 5.74) is 4.53. The van der Waals surface area contributed by atoms with Gasteiger partial charge in [0.05, 0.1) is 5.92 Å². The summed E-state index contributed by atoms with van der Waals surface area (Å²) in [4.78, 5) is 13.7. The van der Waals surface area contributed by atoms with Crippen LogP contribution in [0.1, 0.15) is 43.4 Å². The second kappa shape index (κ2) is 8.75. The zero-order valence-corrected chi connectivity index (χ0v) is 18.1. The second-order valence-corrected chi connectivity index (χ2v) is 7.45. The molecule has 0 amide bonds. The molecule has 1 heterocycles. The van der Waals surface area contributed by atoms with Crippen molar-refractivity contribution in [2.75, 3.05) is 6.79 Å². The number of allylic oxidation sites excluding steroid dienone is 2. The van der Waals surface area contributed by atoms with E-state index in [-0.39, 0.29) is 24.4 Å². The zero-order chi connectivity index (χ0) is 21.1. The van der Waals surface area contributed by atoms with Crippen LogP contribution in [0.25, 0.3) is 6.08 Å². The molecule has 4 rings (SSSR count). The maximum Gasteiger partial charge on any atom is 0.231 e. The van der Waals surface area contributed by atoms with Gasteiger partial charge in [0, 0.05) is 16.4 Å². The molecule has 3 nitrogen and oxygen atoms in total. The quantitative estimate of drug-likeness (QED) is 0.448. The Hall–Kier alpha value is -2.72. The number of carbonyl (C=O) groups excluding carboxylic acids is 1. The molecule has 150 valence electrons. The van der Waals surface area contributed by atoms with Crippen LogP contribution in [-0.2, 0) is 4.79 Å². The number of Topliss-reactive ketones (excluding diaryl/α,β-unsaturated/α-hetero) is 1. The topological polar surface area (TPSA) is 35.5 Å². The van der Waals surface area contributed by atoms with Crippen LogP contribution in [0, 0.1) is 12.8 Å². The molecule has 0 N–H and O–H groups in total. The van der Waals surface area contributed by atoms with E-state index in [1.54, 1.807) is 0 Å². The largest absolute Gasteiger partial charge is 0.454 e. The van der Waals surface area contributed by atoms with E-state index in [9.17, 15) is 4.79 Å². The molecule has 0 bridgehead atoms. The van der Waals surface area contributed by atoms with Gasteiger partial charge in [-0.25, -0.2) is 0 Å². The van der Waals surface area contributed by atoms with E-state index in [1.807, 2.05) is 57.2 Å². The number of ether oxygens (including phenoxy) is 2. The molecule has 1 aliphatic carbocycles. The summed E-state index contributed by atoms with van der Waals surface area (Å²) in [5.74, 6) is 0.979. The van der Waals surface area contributed by atoms with Crippen molar-refractivity contribution in [2.24, 2.45) is 5.92 Å². The molecule has 2 aliphatic rings. The van der Waals surface area contributed by atoms with Gasteiger partial charge >= 0.3 is 0 Å². The highest BCUT2D eigenvalue weighted by atomic mass is 32.1. The number of fused-ring (bicyclic) bond motifs is 1. The van der Waals surface area contributed by atoms with Gasteiger partial charge in [0.25, 0.3) is 0 Å². The summed E-state index contributed by atoms with van der Waals surface area (Å²) in [6.07, 6.45) is 1.89. The summed E-state index contributed by atoms with van der Waals surface area (Å²) in [6, 6.07) is 13.8. The Kier molecular flexibility index (Phi) is 6.33. The number of hydrogen-bond donors (Lipinski definition) is 0. The Morgan fingerprint density at radius 3 is 2.52 bits per heavy atom. The SMILES string of the molecule is C=C1/C(=C/c2ccc3c(c2)OCO3)C(=O)C(C)C(=S)C1c1ccccc1C.CC. The number of thiocarbonyl (C=S) groups is 1. The minimum absolute atomic E-state index is 0.0208. The standard InChI is InChI=1S/C23H20O3S.C2H6/c1-13-6-4-5-7-17(13)21-14(2)18(22(24)15(3)23(21)27)10-16-8-9-19-20(11-16)26-12-25-19;1-2/h4-11,15,21H,2,12H2,1,3H3;1-2H3/b18-10-;. The normalized spacial score (nSPS) is 21.8. The molecule has 1 aliphatic heterocycles. The Bertz CT molecular complexity index is 1000.